The Morgan fingerprint density at radius 3 is 2.04 bits per heavy atom. The molecule has 0 aliphatic carbocycles. The number of carbonyl (C=O) groups is 2. The molecular formula is C20H31NO4. The molecule has 0 aliphatic heterocycles. The van der Waals surface area contributed by atoms with Crippen molar-refractivity contribution < 1.29 is 19.4 Å². The molecule has 1 aromatic carbocycles. The standard InChI is InChI=1S/C20H31NO4/c1-2-25-20(24)17-12-14-18(15-13-17)21-16-10-8-6-4-3-5-7-9-11-19(22)23/h12-15,21H,2-11,16H2,1H3,(H,22,23). The number of benzene rings is 1. The normalized spacial score (nSPS) is 10.4. The van der Waals surface area contributed by atoms with E-state index in [-0.39, 0.29) is 5.97 Å². The highest BCUT2D eigenvalue weighted by atomic mass is 16.5. The van der Waals surface area contributed by atoms with Crippen LogP contribution >= 0.6 is 0 Å². The first kappa shape index (κ1) is 21.0. The average Bonchev–Trinajstić information content (AvgIpc) is 2.60. The fourth-order valence-corrected chi connectivity index (χ4v) is 2.63. The first-order chi connectivity index (χ1) is 12.1. The quantitative estimate of drug-likeness (QED) is 0.370. The summed E-state index contributed by atoms with van der Waals surface area (Å²) >= 11 is 0. The van der Waals surface area contributed by atoms with Gasteiger partial charge in [-0.05, 0) is 44.0 Å². The van der Waals surface area contributed by atoms with Crippen LogP contribution in [0.3, 0.4) is 0 Å². The van der Waals surface area contributed by atoms with Crippen molar-refractivity contribution in [2.45, 2.75) is 64.7 Å². The molecule has 0 saturated carbocycles. The zero-order valence-corrected chi connectivity index (χ0v) is 15.3. The van der Waals surface area contributed by atoms with Gasteiger partial charge in [-0.2, -0.15) is 0 Å². The lowest BCUT2D eigenvalue weighted by Gasteiger charge is -2.07. The first-order valence-corrected chi connectivity index (χ1v) is 9.36. The lowest BCUT2D eigenvalue weighted by molar-refractivity contribution is -0.137. The molecule has 140 valence electrons. The summed E-state index contributed by atoms with van der Waals surface area (Å²) in [5.41, 5.74) is 1.60. The highest BCUT2D eigenvalue weighted by Gasteiger charge is 2.05. The van der Waals surface area contributed by atoms with Crippen LogP contribution in [0, 0.1) is 0 Å². The molecule has 0 amide bonds. The van der Waals surface area contributed by atoms with Gasteiger partial charge in [-0.25, -0.2) is 4.79 Å². The molecule has 0 saturated heterocycles. The molecule has 0 aromatic heterocycles. The lowest BCUT2D eigenvalue weighted by Crippen LogP contribution is -2.05. The topological polar surface area (TPSA) is 75.6 Å². The molecule has 0 fully saturated rings. The van der Waals surface area contributed by atoms with Gasteiger partial charge in [-0.1, -0.05) is 38.5 Å². The van der Waals surface area contributed by atoms with Crippen LogP contribution in [0.4, 0.5) is 5.69 Å². The highest BCUT2D eigenvalue weighted by molar-refractivity contribution is 5.89. The van der Waals surface area contributed by atoms with Gasteiger partial charge >= 0.3 is 11.9 Å². The van der Waals surface area contributed by atoms with E-state index in [9.17, 15) is 9.59 Å². The monoisotopic (exact) mass is 349 g/mol. The van der Waals surface area contributed by atoms with Crippen LogP contribution in [0.2, 0.25) is 0 Å². The van der Waals surface area contributed by atoms with Gasteiger partial charge in [0.25, 0.3) is 0 Å². The van der Waals surface area contributed by atoms with Crippen LogP contribution < -0.4 is 5.32 Å². The molecule has 1 aromatic rings. The molecule has 0 spiro atoms. The van der Waals surface area contributed by atoms with Crippen molar-refractivity contribution in [1.82, 2.24) is 0 Å². The number of anilines is 1. The van der Waals surface area contributed by atoms with E-state index in [0.717, 1.165) is 37.9 Å². The Kier molecular flexibility index (Phi) is 11.2. The summed E-state index contributed by atoms with van der Waals surface area (Å²) in [6.45, 7) is 3.12. The molecule has 0 atom stereocenters. The number of aliphatic carboxylic acids is 1. The third kappa shape index (κ3) is 10.4. The molecule has 2 N–H and O–H groups in total. The molecule has 0 radical (unpaired) electrons. The van der Waals surface area contributed by atoms with E-state index in [2.05, 4.69) is 5.32 Å². The van der Waals surface area contributed by atoms with Crippen LogP contribution in [0.15, 0.2) is 24.3 Å². The fourth-order valence-electron chi connectivity index (χ4n) is 2.63. The summed E-state index contributed by atoms with van der Waals surface area (Å²) in [6, 6.07) is 7.38. The average molecular weight is 349 g/mol. The van der Waals surface area contributed by atoms with E-state index in [0.29, 0.717) is 18.6 Å². The van der Waals surface area contributed by atoms with Crippen LogP contribution in [-0.4, -0.2) is 30.2 Å². The predicted octanol–water partition coefficient (Wildman–Crippen LogP) is 4.87. The number of nitrogens with one attached hydrogen (secondary N) is 1. The van der Waals surface area contributed by atoms with Crippen LogP contribution in [0.1, 0.15) is 75.1 Å². The Morgan fingerprint density at radius 2 is 1.48 bits per heavy atom. The zero-order valence-electron chi connectivity index (χ0n) is 15.3. The Balaban J connectivity index is 1.99. The predicted molar refractivity (Wildman–Crippen MR) is 100 cm³/mol. The van der Waals surface area contributed by atoms with Gasteiger partial charge in [-0.3, -0.25) is 4.79 Å². The Hall–Kier alpha value is -2.04. The number of esters is 1. The van der Waals surface area contributed by atoms with Crippen LogP contribution in [-0.2, 0) is 9.53 Å². The maximum Gasteiger partial charge on any atom is 0.338 e. The molecule has 0 heterocycles. The van der Waals surface area contributed by atoms with Gasteiger partial charge in [-0.15, -0.1) is 0 Å². The van der Waals surface area contributed by atoms with Crippen molar-refractivity contribution >= 4 is 17.6 Å². The summed E-state index contributed by atoms with van der Waals surface area (Å²) in [4.78, 5) is 21.9. The largest absolute Gasteiger partial charge is 0.481 e. The minimum atomic E-state index is -0.692. The number of carboxylic acid groups (broad SMARTS) is 1. The summed E-state index contributed by atoms with van der Waals surface area (Å²) in [6.07, 6.45) is 9.22. The molecule has 1 rings (SSSR count). The number of carbonyl (C=O) groups excluding carboxylic acids is 1. The van der Waals surface area contributed by atoms with Crippen molar-refractivity contribution in [1.29, 1.82) is 0 Å². The SMILES string of the molecule is CCOC(=O)c1ccc(NCCCCCCCCCCC(=O)O)cc1. The maximum atomic E-state index is 11.6. The molecule has 0 unspecified atom stereocenters. The number of rotatable bonds is 14. The molecule has 5 nitrogen and oxygen atoms in total. The number of ether oxygens (including phenoxy) is 1. The third-order valence-electron chi connectivity index (χ3n) is 4.04. The molecule has 25 heavy (non-hydrogen) atoms. The summed E-state index contributed by atoms with van der Waals surface area (Å²) in [5.74, 6) is -0.972. The zero-order chi connectivity index (χ0) is 18.3. The second-order valence-electron chi connectivity index (χ2n) is 6.20. The maximum absolute atomic E-state index is 11.6. The summed E-state index contributed by atoms with van der Waals surface area (Å²) in [7, 11) is 0. The number of carboxylic acids is 1. The highest BCUT2D eigenvalue weighted by Crippen LogP contribution is 2.12. The number of unbranched alkanes of at least 4 members (excludes halogenated alkanes) is 7. The molecule has 0 aliphatic rings. The van der Waals surface area contributed by atoms with E-state index in [1.807, 2.05) is 12.1 Å². The Bertz CT molecular complexity index is 499. The number of hydrogen-bond donors (Lipinski definition) is 2. The van der Waals surface area contributed by atoms with Crippen molar-refractivity contribution in [2.24, 2.45) is 0 Å². The number of hydrogen-bond acceptors (Lipinski definition) is 4. The molecule has 0 bridgehead atoms. The third-order valence-corrected chi connectivity index (χ3v) is 4.04. The van der Waals surface area contributed by atoms with Crippen LogP contribution in [0.25, 0.3) is 0 Å². The smallest absolute Gasteiger partial charge is 0.338 e. The van der Waals surface area contributed by atoms with E-state index in [1.54, 1.807) is 19.1 Å². The van der Waals surface area contributed by atoms with Crippen molar-refractivity contribution in [3.05, 3.63) is 29.8 Å². The molecule has 5 heteroatoms. The Morgan fingerprint density at radius 1 is 0.920 bits per heavy atom. The van der Waals surface area contributed by atoms with Crippen molar-refractivity contribution in [3.8, 4) is 0 Å². The summed E-state index contributed by atoms with van der Waals surface area (Å²) in [5, 5.41) is 11.9. The van der Waals surface area contributed by atoms with Gasteiger partial charge in [0.1, 0.15) is 0 Å². The fraction of sp³-hybridized carbons (Fsp3) is 0.600. The second-order valence-corrected chi connectivity index (χ2v) is 6.20. The van der Waals surface area contributed by atoms with Gasteiger partial charge in [0.15, 0.2) is 0 Å². The van der Waals surface area contributed by atoms with Gasteiger partial charge in [0.05, 0.1) is 12.2 Å². The van der Waals surface area contributed by atoms with E-state index < -0.39 is 5.97 Å². The minimum absolute atomic E-state index is 0.281. The van der Waals surface area contributed by atoms with Gasteiger partial charge in [0.2, 0.25) is 0 Å². The van der Waals surface area contributed by atoms with Crippen LogP contribution in [0.5, 0.6) is 0 Å². The van der Waals surface area contributed by atoms with Crippen molar-refractivity contribution in [3.63, 3.8) is 0 Å². The van der Waals surface area contributed by atoms with Crippen molar-refractivity contribution in [2.75, 3.05) is 18.5 Å². The van der Waals surface area contributed by atoms with Gasteiger partial charge < -0.3 is 15.2 Å². The second kappa shape index (κ2) is 13.3. The van der Waals surface area contributed by atoms with Gasteiger partial charge in [0, 0.05) is 18.7 Å². The summed E-state index contributed by atoms with van der Waals surface area (Å²) < 4.78 is 4.96. The Labute approximate surface area is 150 Å². The minimum Gasteiger partial charge on any atom is -0.481 e. The first-order valence-electron chi connectivity index (χ1n) is 9.36. The van der Waals surface area contributed by atoms with E-state index >= 15 is 0 Å². The lowest BCUT2D eigenvalue weighted by atomic mass is 10.1. The molecular weight excluding hydrogens is 318 g/mol. The van der Waals surface area contributed by atoms with E-state index in [1.165, 1.54) is 25.7 Å². The van der Waals surface area contributed by atoms with E-state index in [4.69, 9.17) is 9.84 Å².